The number of alkyl halides is 5. The van der Waals surface area contributed by atoms with Gasteiger partial charge in [0.2, 0.25) is 11.5 Å². The molecule has 5 aromatic rings. The molecule has 0 saturated heterocycles. The monoisotopic (exact) mass is 685 g/mol. The number of primary amides is 1. The van der Waals surface area contributed by atoms with Gasteiger partial charge >= 0.3 is 12.7 Å². The standard InChI is InChI=1S/C32H28F5N7O5/c1-30(28(38)46)14-49-26-20(30)10-23(40-25(26)15-3-6-21-17(7-15)11-44(41-21)29(33)34)31(47,32(35,36)37)13-39-27(45)16-8-18-12-43(19-4-5-19)42-24(18)22(9-16)48-2/h3,6-12,19,29,47H,4-5,13-14H2,1-2H3,(H2,38,46)(H,39,45)/t30-,31-/m0/s1. The summed E-state index contributed by atoms with van der Waals surface area (Å²) in [6, 6.07) is 8.00. The second-order valence-corrected chi connectivity index (χ2v) is 12.4. The van der Waals surface area contributed by atoms with Crippen LogP contribution < -0.4 is 20.5 Å². The van der Waals surface area contributed by atoms with Crippen molar-refractivity contribution in [2.45, 2.75) is 49.5 Å². The lowest BCUT2D eigenvalue weighted by molar-refractivity contribution is -0.265. The van der Waals surface area contributed by atoms with Gasteiger partial charge in [-0.2, -0.15) is 32.1 Å². The Morgan fingerprint density at radius 2 is 1.90 bits per heavy atom. The molecule has 1 saturated carbocycles. The Morgan fingerprint density at radius 3 is 2.55 bits per heavy atom. The van der Waals surface area contributed by atoms with Crippen LogP contribution in [0.25, 0.3) is 33.1 Å². The molecule has 7 rings (SSSR count). The number of aliphatic hydroxyl groups is 1. The molecule has 3 aromatic heterocycles. The van der Waals surface area contributed by atoms with Gasteiger partial charge in [-0.15, -0.1) is 0 Å². The Labute approximate surface area is 273 Å². The third-order valence-electron chi connectivity index (χ3n) is 9.00. The normalized spacial score (nSPS) is 18.8. The molecule has 2 aliphatic rings. The van der Waals surface area contributed by atoms with Crippen molar-refractivity contribution in [1.29, 1.82) is 0 Å². The zero-order valence-corrected chi connectivity index (χ0v) is 25.9. The van der Waals surface area contributed by atoms with Gasteiger partial charge in [0.25, 0.3) is 5.91 Å². The van der Waals surface area contributed by atoms with Gasteiger partial charge in [0.15, 0.2) is 0 Å². The number of nitrogens with one attached hydrogen (secondary N) is 1. The van der Waals surface area contributed by atoms with Crippen LogP contribution in [-0.4, -0.2) is 67.9 Å². The highest BCUT2D eigenvalue weighted by Crippen LogP contribution is 2.48. The first-order valence-electron chi connectivity index (χ1n) is 15.0. The summed E-state index contributed by atoms with van der Waals surface area (Å²) in [5, 5.41) is 22.6. The molecule has 0 bridgehead atoms. The van der Waals surface area contributed by atoms with Crippen LogP contribution in [0.4, 0.5) is 22.0 Å². The largest absolute Gasteiger partial charge is 0.494 e. The first-order valence-corrected chi connectivity index (χ1v) is 15.0. The van der Waals surface area contributed by atoms with Crippen LogP contribution in [0.1, 0.15) is 54.0 Å². The van der Waals surface area contributed by atoms with E-state index in [4.69, 9.17) is 15.2 Å². The van der Waals surface area contributed by atoms with Crippen LogP contribution >= 0.6 is 0 Å². The minimum atomic E-state index is -5.41. The number of rotatable bonds is 9. The van der Waals surface area contributed by atoms with Gasteiger partial charge in [-0.25, -0.2) is 9.67 Å². The van der Waals surface area contributed by atoms with E-state index in [1.165, 1.54) is 44.4 Å². The number of methoxy groups -OCH3 is 1. The first kappa shape index (κ1) is 32.2. The van der Waals surface area contributed by atoms with Crippen LogP contribution in [0.2, 0.25) is 0 Å². The van der Waals surface area contributed by atoms with Gasteiger partial charge in [-0.3, -0.25) is 14.3 Å². The molecule has 1 fully saturated rings. The second-order valence-electron chi connectivity index (χ2n) is 12.4. The number of fused-ring (bicyclic) bond motifs is 3. The Kier molecular flexibility index (Phi) is 7.31. The number of benzene rings is 2. The van der Waals surface area contributed by atoms with Crippen LogP contribution in [0.3, 0.4) is 0 Å². The molecule has 0 radical (unpaired) electrons. The van der Waals surface area contributed by atoms with Gasteiger partial charge in [0.05, 0.1) is 30.9 Å². The fourth-order valence-corrected chi connectivity index (χ4v) is 5.87. The van der Waals surface area contributed by atoms with E-state index in [0.29, 0.717) is 15.6 Å². The Balaban J connectivity index is 1.30. The summed E-state index contributed by atoms with van der Waals surface area (Å²) in [4.78, 5) is 30.1. The van der Waals surface area contributed by atoms with Crippen LogP contribution in [0.5, 0.6) is 11.5 Å². The zero-order chi connectivity index (χ0) is 35.0. The van der Waals surface area contributed by atoms with Crippen molar-refractivity contribution in [3.05, 3.63) is 65.6 Å². The van der Waals surface area contributed by atoms with Gasteiger partial charge in [-0.1, -0.05) is 6.07 Å². The van der Waals surface area contributed by atoms with Crippen LogP contribution in [0.15, 0.2) is 48.8 Å². The number of nitrogens with two attached hydrogens (primary N) is 1. The predicted molar refractivity (Wildman–Crippen MR) is 163 cm³/mol. The molecule has 49 heavy (non-hydrogen) atoms. The molecule has 2 amide bonds. The summed E-state index contributed by atoms with van der Waals surface area (Å²) in [5.41, 5.74) is -0.302. The van der Waals surface area contributed by atoms with E-state index in [1.807, 2.05) is 0 Å². The fourth-order valence-electron chi connectivity index (χ4n) is 5.87. The molecule has 256 valence electrons. The molecule has 12 nitrogen and oxygen atoms in total. The van der Waals surface area contributed by atoms with Gasteiger partial charge < -0.3 is 25.6 Å². The molecular formula is C32H28F5N7O5. The summed E-state index contributed by atoms with van der Waals surface area (Å²) < 4.78 is 84.6. The van der Waals surface area contributed by atoms with E-state index >= 15 is 0 Å². The van der Waals surface area contributed by atoms with Crippen LogP contribution in [-0.2, 0) is 15.8 Å². The Morgan fingerprint density at radius 1 is 1.14 bits per heavy atom. The summed E-state index contributed by atoms with van der Waals surface area (Å²) in [6.07, 6.45) is -0.743. The van der Waals surface area contributed by atoms with Gasteiger partial charge in [-0.05, 0) is 50.1 Å². The number of carbonyl (C=O) groups excluding carboxylic acids is 2. The topological polar surface area (TPSA) is 159 Å². The number of pyridine rings is 1. The number of hydrogen-bond donors (Lipinski definition) is 3. The highest BCUT2D eigenvalue weighted by Gasteiger charge is 2.57. The van der Waals surface area contributed by atoms with E-state index < -0.39 is 47.8 Å². The lowest BCUT2D eigenvalue weighted by Gasteiger charge is -2.31. The predicted octanol–water partition coefficient (Wildman–Crippen LogP) is 4.50. The lowest BCUT2D eigenvalue weighted by Crippen LogP contribution is -2.51. The number of halogens is 5. The second kappa shape index (κ2) is 11.1. The number of amides is 2. The third-order valence-corrected chi connectivity index (χ3v) is 9.00. The highest BCUT2D eigenvalue weighted by molar-refractivity contribution is 6.00. The summed E-state index contributed by atoms with van der Waals surface area (Å²) in [5.74, 6) is -1.71. The average molecular weight is 686 g/mol. The molecule has 4 N–H and O–H groups in total. The van der Waals surface area contributed by atoms with Gasteiger partial charge in [0, 0.05) is 39.9 Å². The van der Waals surface area contributed by atoms with E-state index in [9.17, 15) is 36.6 Å². The summed E-state index contributed by atoms with van der Waals surface area (Å²) >= 11 is 0. The smallest absolute Gasteiger partial charge is 0.424 e. The molecule has 0 unspecified atom stereocenters. The Bertz CT molecular complexity index is 2160. The van der Waals surface area contributed by atoms with E-state index in [2.05, 4.69) is 20.5 Å². The Hall–Kier alpha value is -5.32. The highest BCUT2D eigenvalue weighted by atomic mass is 19.4. The van der Waals surface area contributed by atoms with Crippen molar-refractivity contribution in [2.24, 2.45) is 5.73 Å². The summed E-state index contributed by atoms with van der Waals surface area (Å²) in [7, 11) is 1.37. The van der Waals surface area contributed by atoms with E-state index in [-0.39, 0.29) is 57.4 Å². The molecule has 1 aliphatic carbocycles. The SMILES string of the molecule is COc1cc(C(=O)NC[C@](O)(c2cc3c(c(-c4ccc5nn(C(F)F)cc5c4)n2)OC[C@]3(C)C(N)=O)C(F)(F)F)cc2cn(C3CC3)nc12. The van der Waals surface area contributed by atoms with E-state index in [0.717, 1.165) is 25.1 Å². The minimum Gasteiger partial charge on any atom is -0.494 e. The number of ether oxygens (including phenoxy) is 2. The maximum Gasteiger partial charge on any atom is 0.424 e. The summed E-state index contributed by atoms with van der Waals surface area (Å²) in [6.45, 7) is -3.30. The number of carbonyl (C=O) groups is 2. The third kappa shape index (κ3) is 5.28. The maximum absolute atomic E-state index is 14.9. The number of nitrogens with zero attached hydrogens (tertiary/aromatic N) is 5. The number of aromatic nitrogens is 5. The molecule has 17 heteroatoms. The quantitative estimate of drug-likeness (QED) is 0.191. The van der Waals surface area contributed by atoms with Gasteiger partial charge in [0.1, 0.15) is 34.7 Å². The minimum absolute atomic E-state index is 0.0424. The molecule has 0 spiro atoms. The lowest BCUT2D eigenvalue weighted by atomic mass is 9.81. The zero-order valence-electron chi connectivity index (χ0n) is 25.9. The average Bonchev–Trinajstić information content (AvgIpc) is 3.51. The molecule has 2 atom stereocenters. The van der Waals surface area contributed by atoms with Crippen molar-refractivity contribution < 1.29 is 46.1 Å². The van der Waals surface area contributed by atoms with Crippen molar-refractivity contribution in [1.82, 2.24) is 29.9 Å². The first-order chi connectivity index (χ1) is 23.1. The molecular weight excluding hydrogens is 657 g/mol. The molecule has 1 aliphatic heterocycles. The molecule has 2 aromatic carbocycles. The molecule has 4 heterocycles. The van der Waals surface area contributed by atoms with Crippen molar-refractivity contribution in [2.75, 3.05) is 20.3 Å². The fraction of sp³-hybridized carbons (Fsp3) is 0.344. The number of hydrogen-bond acceptors (Lipinski definition) is 8. The van der Waals surface area contributed by atoms with Crippen LogP contribution in [0, 0.1) is 0 Å². The van der Waals surface area contributed by atoms with Crippen molar-refractivity contribution in [3.63, 3.8) is 0 Å². The van der Waals surface area contributed by atoms with Crippen molar-refractivity contribution in [3.8, 4) is 22.8 Å². The van der Waals surface area contributed by atoms with E-state index in [1.54, 1.807) is 10.9 Å². The maximum atomic E-state index is 14.9. The van der Waals surface area contributed by atoms with Crippen molar-refractivity contribution >= 4 is 33.6 Å².